The molecule has 0 amide bonds. The number of ether oxygens (including phenoxy) is 1. The number of nitrogens with one attached hydrogen (secondary N) is 1. The third-order valence-corrected chi connectivity index (χ3v) is 3.12. The van der Waals surface area contributed by atoms with E-state index in [-0.39, 0.29) is 0 Å². The third-order valence-electron chi connectivity index (χ3n) is 3.12. The Morgan fingerprint density at radius 3 is 2.94 bits per heavy atom. The third kappa shape index (κ3) is 2.76. The topological polar surface area (TPSA) is 39.1 Å². The summed E-state index contributed by atoms with van der Waals surface area (Å²) in [6, 6.07) is 0.614. The summed E-state index contributed by atoms with van der Waals surface area (Å²) in [5, 5.41) is 3.54. The van der Waals surface area contributed by atoms with Crippen LogP contribution in [0.3, 0.4) is 0 Å². The van der Waals surface area contributed by atoms with E-state index in [1.165, 1.54) is 25.7 Å². The fraction of sp³-hybridized carbons (Fsp3) is 0.750. The van der Waals surface area contributed by atoms with Gasteiger partial charge in [0.1, 0.15) is 0 Å². The van der Waals surface area contributed by atoms with Crippen molar-refractivity contribution in [2.24, 2.45) is 0 Å². The van der Waals surface area contributed by atoms with Gasteiger partial charge in [-0.1, -0.05) is 12.8 Å². The van der Waals surface area contributed by atoms with E-state index in [1.54, 1.807) is 7.11 Å². The van der Waals surface area contributed by atoms with Gasteiger partial charge in [0.15, 0.2) is 0 Å². The molecule has 1 fully saturated rings. The predicted octanol–water partition coefficient (Wildman–Crippen LogP) is 2.19. The van der Waals surface area contributed by atoms with Crippen molar-refractivity contribution >= 4 is 5.95 Å². The van der Waals surface area contributed by atoms with Crippen molar-refractivity contribution in [3.8, 4) is 0 Å². The van der Waals surface area contributed by atoms with Gasteiger partial charge >= 0.3 is 0 Å². The molecule has 16 heavy (non-hydrogen) atoms. The van der Waals surface area contributed by atoms with Crippen LogP contribution < -0.4 is 5.32 Å². The van der Waals surface area contributed by atoms with Crippen molar-refractivity contribution in [1.29, 1.82) is 0 Å². The van der Waals surface area contributed by atoms with E-state index in [1.807, 2.05) is 6.92 Å². The van der Waals surface area contributed by atoms with Gasteiger partial charge in [0.25, 0.3) is 0 Å². The number of hydrogen-bond acceptors (Lipinski definition) is 3. The lowest BCUT2D eigenvalue weighted by Gasteiger charge is -2.14. The molecule has 0 saturated heterocycles. The maximum Gasteiger partial charge on any atom is 0.203 e. The highest BCUT2D eigenvalue weighted by Crippen LogP contribution is 2.22. The molecule has 0 atom stereocenters. The minimum absolute atomic E-state index is 0.614. The van der Waals surface area contributed by atoms with Gasteiger partial charge < -0.3 is 14.6 Å². The lowest BCUT2D eigenvalue weighted by atomic mass is 10.2. The molecule has 4 heteroatoms. The lowest BCUT2D eigenvalue weighted by molar-refractivity contribution is 0.187. The molecule has 1 saturated carbocycles. The normalized spacial score (nSPS) is 16.9. The molecule has 2 rings (SSSR count). The monoisotopic (exact) mass is 223 g/mol. The Hall–Kier alpha value is -1.03. The molecule has 1 aromatic heterocycles. The second-order valence-electron chi connectivity index (χ2n) is 4.52. The molecule has 1 aliphatic rings. The lowest BCUT2D eigenvalue weighted by Crippen LogP contribution is -2.18. The first kappa shape index (κ1) is 11.5. The zero-order valence-corrected chi connectivity index (χ0v) is 10.2. The summed E-state index contributed by atoms with van der Waals surface area (Å²) in [7, 11) is 1.73. The number of rotatable bonds is 5. The van der Waals surface area contributed by atoms with Gasteiger partial charge in [0.2, 0.25) is 5.95 Å². The van der Waals surface area contributed by atoms with Crippen molar-refractivity contribution in [2.75, 3.05) is 19.0 Å². The highest BCUT2D eigenvalue weighted by molar-refractivity contribution is 5.30. The first-order valence-corrected chi connectivity index (χ1v) is 6.09. The maximum atomic E-state index is 5.10. The molecule has 0 unspecified atom stereocenters. The van der Waals surface area contributed by atoms with Crippen LogP contribution in [-0.4, -0.2) is 29.3 Å². The molecule has 1 heterocycles. The summed E-state index contributed by atoms with van der Waals surface area (Å²) in [6.07, 6.45) is 7.31. The molecule has 0 aromatic carbocycles. The summed E-state index contributed by atoms with van der Waals surface area (Å²) in [6.45, 7) is 3.63. The number of imidazole rings is 1. The Morgan fingerprint density at radius 1 is 1.50 bits per heavy atom. The largest absolute Gasteiger partial charge is 0.383 e. The van der Waals surface area contributed by atoms with Gasteiger partial charge in [0.05, 0.1) is 12.3 Å². The van der Waals surface area contributed by atoms with Crippen LogP contribution in [0.15, 0.2) is 6.20 Å². The van der Waals surface area contributed by atoms with Crippen molar-refractivity contribution in [2.45, 2.75) is 45.2 Å². The fourth-order valence-electron chi connectivity index (χ4n) is 2.27. The van der Waals surface area contributed by atoms with E-state index in [0.29, 0.717) is 6.04 Å². The molecule has 4 nitrogen and oxygen atoms in total. The van der Waals surface area contributed by atoms with Crippen LogP contribution in [0.1, 0.15) is 31.4 Å². The van der Waals surface area contributed by atoms with Gasteiger partial charge in [-0.25, -0.2) is 4.98 Å². The van der Waals surface area contributed by atoms with Gasteiger partial charge in [-0.15, -0.1) is 0 Å². The summed E-state index contributed by atoms with van der Waals surface area (Å²) in [5.41, 5.74) is 1.07. The highest BCUT2D eigenvalue weighted by atomic mass is 16.5. The molecular weight excluding hydrogens is 202 g/mol. The second kappa shape index (κ2) is 5.34. The summed E-state index contributed by atoms with van der Waals surface area (Å²) in [4.78, 5) is 4.52. The fourth-order valence-corrected chi connectivity index (χ4v) is 2.27. The smallest absolute Gasteiger partial charge is 0.203 e. The van der Waals surface area contributed by atoms with Crippen molar-refractivity contribution in [3.05, 3.63) is 11.9 Å². The van der Waals surface area contributed by atoms with E-state index in [4.69, 9.17) is 4.74 Å². The average Bonchev–Trinajstić information content (AvgIpc) is 2.86. The first-order valence-electron chi connectivity index (χ1n) is 6.09. The van der Waals surface area contributed by atoms with E-state index in [9.17, 15) is 0 Å². The van der Waals surface area contributed by atoms with E-state index >= 15 is 0 Å². The van der Waals surface area contributed by atoms with Gasteiger partial charge in [-0.05, 0) is 19.8 Å². The number of nitrogens with zero attached hydrogens (tertiary/aromatic N) is 2. The van der Waals surface area contributed by atoms with Crippen LogP contribution in [0.25, 0.3) is 0 Å². The van der Waals surface area contributed by atoms with Crippen LogP contribution in [0.5, 0.6) is 0 Å². The summed E-state index contributed by atoms with van der Waals surface area (Å²) < 4.78 is 7.25. The molecule has 0 bridgehead atoms. The Balaban J connectivity index is 2.00. The zero-order valence-electron chi connectivity index (χ0n) is 10.2. The summed E-state index contributed by atoms with van der Waals surface area (Å²) >= 11 is 0. The number of anilines is 1. The zero-order chi connectivity index (χ0) is 11.4. The number of aromatic nitrogens is 2. The quantitative estimate of drug-likeness (QED) is 0.831. The van der Waals surface area contributed by atoms with Gasteiger partial charge in [-0.2, -0.15) is 0 Å². The predicted molar refractivity (Wildman–Crippen MR) is 64.7 cm³/mol. The molecule has 1 N–H and O–H groups in total. The minimum atomic E-state index is 0.614. The van der Waals surface area contributed by atoms with Crippen LogP contribution in [0.4, 0.5) is 5.95 Å². The maximum absolute atomic E-state index is 5.10. The van der Waals surface area contributed by atoms with Crippen molar-refractivity contribution in [1.82, 2.24) is 9.55 Å². The Morgan fingerprint density at radius 2 is 2.25 bits per heavy atom. The summed E-state index contributed by atoms with van der Waals surface area (Å²) in [5.74, 6) is 1.00. The van der Waals surface area contributed by atoms with Gasteiger partial charge in [-0.3, -0.25) is 0 Å². The van der Waals surface area contributed by atoms with E-state index in [2.05, 4.69) is 21.1 Å². The number of methoxy groups -OCH3 is 1. The van der Waals surface area contributed by atoms with E-state index in [0.717, 1.165) is 24.8 Å². The van der Waals surface area contributed by atoms with Crippen LogP contribution in [0.2, 0.25) is 0 Å². The molecule has 1 aromatic rings. The molecule has 0 radical (unpaired) electrons. The molecule has 1 aliphatic carbocycles. The van der Waals surface area contributed by atoms with Crippen LogP contribution >= 0.6 is 0 Å². The average molecular weight is 223 g/mol. The number of hydrogen-bond donors (Lipinski definition) is 1. The standard InChI is InChI=1S/C12H21N3O/c1-10-9-15(7-8-16-2)12(13-10)14-11-5-3-4-6-11/h9,11H,3-8H2,1-2H3,(H,13,14). The number of aryl methyl sites for hydroxylation is 1. The Labute approximate surface area is 97.0 Å². The van der Waals surface area contributed by atoms with Crippen molar-refractivity contribution < 1.29 is 4.74 Å². The van der Waals surface area contributed by atoms with Crippen molar-refractivity contribution in [3.63, 3.8) is 0 Å². The second-order valence-corrected chi connectivity index (χ2v) is 4.52. The SMILES string of the molecule is COCCn1cc(C)nc1NC1CCCC1. The molecule has 0 aliphatic heterocycles. The Bertz CT molecular complexity index is 329. The Kier molecular flexibility index (Phi) is 3.83. The first-order chi connectivity index (χ1) is 7.79. The molecule has 0 spiro atoms. The highest BCUT2D eigenvalue weighted by Gasteiger charge is 2.16. The van der Waals surface area contributed by atoms with Gasteiger partial charge in [0, 0.05) is 25.9 Å². The molecule has 90 valence electrons. The van der Waals surface area contributed by atoms with Crippen LogP contribution in [0, 0.1) is 6.92 Å². The van der Waals surface area contributed by atoms with Crippen LogP contribution in [-0.2, 0) is 11.3 Å². The molecular formula is C12H21N3O. The minimum Gasteiger partial charge on any atom is -0.383 e. The van der Waals surface area contributed by atoms with E-state index < -0.39 is 0 Å².